The molecule has 3 nitrogen and oxygen atoms in total. The van der Waals surface area contributed by atoms with Crippen LogP contribution in [0.3, 0.4) is 0 Å². The average molecular weight is 269 g/mol. The van der Waals surface area contributed by atoms with Gasteiger partial charge in [0.2, 0.25) is 5.88 Å². The third-order valence-corrected chi connectivity index (χ3v) is 3.90. The van der Waals surface area contributed by atoms with E-state index in [1.54, 1.807) is 29.7 Å². The Morgan fingerprint density at radius 3 is 2.84 bits per heavy atom. The van der Waals surface area contributed by atoms with E-state index in [-0.39, 0.29) is 5.78 Å². The van der Waals surface area contributed by atoms with Crippen LogP contribution < -0.4 is 4.74 Å². The Balaban J connectivity index is 2.16. The van der Waals surface area contributed by atoms with Crippen LogP contribution in [0.25, 0.3) is 10.1 Å². The number of ether oxygens (including phenoxy) is 1. The van der Waals surface area contributed by atoms with Crippen LogP contribution in [-0.2, 0) is 0 Å². The molecule has 94 valence electrons. The SMILES string of the molecule is COc1ncccc1C(=O)c1cccc2ccsc12. The van der Waals surface area contributed by atoms with Crippen molar-refractivity contribution < 1.29 is 9.53 Å². The second-order valence-electron chi connectivity index (χ2n) is 4.03. The van der Waals surface area contributed by atoms with Crippen LogP contribution in [0.15, 0.2) is 48.0 Å². The Hall–Kier alpha value is -2.20. The normalized spacial score (nSPS) is 10.6. The van der Waals surface area contributed by atoms with Gasteiger partial charge < -0.3 is 4.74 Å². The van der Waals surface area contributed by atoms with Crippen molar-refractivity contribution in [3.8, 4) is 5.88 Å². The zero-order valence-electron chi connectivity index (χ0n) is 10.3. The van der Waals surface area contributed by atoms with Gasteiger partial charge in [-0.2, -0.15) is 0 Å². The number of hydrogen-bond donors (Lipinski definition) is 0. The van der Waals surface area contributed by atoms with Gasteiger partial charge in [0.05, 0.1) is 12.7 Å². The predicted octanol–water partition coefficient (Wildman–Crippen LogP) is 3.54. The van der Waals surface area contributed by atoms with E-state index in [4.69, 9.17) is 4.74 Å². The van der Waals surface area contributed by atoms with Crippen LogP contribution in [-0.4, -0.2) is 17.9 Å². The standard InChI is InChI=1S/C15H11NO2S/c1-18-15-12(6-3-8-16-15)13(17)11-5-2-4-10-7-9-19-14(10)11/h2-9H,1H3. The quantitative estimate of drug-likeness (QED) is 0.683. The maximum Gasteiger partial charge on any atom is 0.224 e. The topological polar surface area (TPSA) is 39.2 Å². The Bertz CT molecular complexity index is 748. The van der Waals surface area contributed by atoms with Gasteiger partial charge in [-0.15, -0.1) is 11.3 Å². The molecule has 3 aromatic rings. The molecule has 0 spiro atoms. The van der Waals surface area contributed by atoms with Crippen LogP contribution in [0.5, 0.6) is 5.88 Å². The Morgan fingerprint density at radius 2 is 2.00 bits per heavy atom. The van der Waals surface area contributed by atoms with Crippen LogP contribution in [0.1, 0.15) is 15.9 Å². The molecule has 2 aromatic heterocycles. The van der Waals surface area contributed by atoms with Crippen LogP contribution >= 0.6 is 11.3 Å². The third-order valence-electron chi connectivity index (χ3n) is 2.93. The van der Waals surface area contributed by atoms with Gasteiger partial charge in [0.15, 0.2) is 5.78 Å². The molecular formula is C15H11NO2S. The fourth-order valence-corrected chi connectivity index (χ4v) is 2.95. The van der Waals surface area contributed by atoms with E-state index in [1.807, 2.05) is 29.6 Å². The van der Waals surface area contributed by atoms with Crippen molar-refractivity contribution in [3.63, 3.8) is 0 Å². The van der Waals surface area contributed by atoms with Crippen molar-refractivity contribution in [1.29, 1.82) is 0 Å². The summed E-state index contributed by atoms with van der Waals surface area (Å²) >= 11 is 1.57. The highest BCUT2D eigenvalue weighted by Crippen LogP contribution is 2.28. The van der Waals surface area contributed by atoms with Gasteiger partial charge in [-0.25, -0.2) is 4.98 Å². The third kappa shape index (κ3) is 2.00. The number of ketones is 1. The number of nitrogens with zero attached hydrogens (tertiary/aromatic N) is 1. The van der Waals surface area contributed by atoms with Crippen LogP contribution in [0.2, 0.25) is 0 Å². The molecule has 19 heavy (non-hydrogen) atoms. The minimum Gasteiger partial charge on any atom is -0.480 e. The number of hydrogen-bond acceptors (Lipinski definition) is 4. The number of thiophene rings is 1. The van der Waals surface area contributed by atoms with E-state index >= 15 is 0 Å². The number of aromatic nitrogens is 1. The lowest BCUT2D eigenvalue weighted by Crippen LogP contribution is -2.05. The highest BCUT2D eigenvalue weighted by atomic mass is 32.1. The number of pyridine rings is 1. The molecule has 0 bridgehead atoms. The fourth-order valence-electron chi connectivity index (χ4n) is 2.04. The summed E-state index contributed by atoms with van der Waals surface area (Å²) in [6.45, 7) is 0. The maximum absolute atomic E-state index is 12.6. The number of fused-ring (bicyclic) bond motifs is 1. The molecular weight excluding hydrogens is 258 g/mol. The molecule has 0 aliphatic carbocycles. The van der Waals surface area contributed by atoms with Crippen molar-refractivity contribution in [2.45, 2.75) is 0 Å². The summed E-state index contributed by atoms with van der Waals surface area (Å²) in [4.78, 5) is 16.7. The van der Waals surface area contributed by atoms with Crippen LogP contribution in [0.4, 0.5) is 0 Å². The van der Waals surface area contributed by atoms with Crippen LogP contribution in [0, 0.1) is 0 Å². The molecule has 0 aliphatic rings. The van der Waals surface area contributed by atoms with Gasteiger partial charge in [-0.3, -0.25) is 4.79 Å². The van der Waals surface area contributed by atoms with Crippen molar-refractivity contribution >= 4 is 27.2 Å². The second kappa shape index (κ2) is 4.82. The minimum atomic E-state index is -0.0574. The number of carbonyl (C=O) groups is 1. The summed E-state index contributed by atoms with van der Waals surface area (Å²) in [6, 6.07) is 11.2. The first-order valence-corrected chi connectivity index (χ1v) is 6.69. The molecule has 4 heteroatoms. The van der Waals surface area contributed by atoms with Crippen molar-refractivity contribution in [2.24, 2.45) is 0 Å². The van der Waals surface area contributed by atoms with E-state index in [1.165, 1.54) is 7.11 Å². The number of methoxy groups -OCH3 is 1. The minimum absolute atomic E-state index is 0.0574. The summed E-state index contributed by atoms with van der Waals surface area (Å²) in [5, 5.41) is 3.07. The molecule has 0 atom stereocenters. The highest BCUT2D eigenvalue weighted by molar-refractivity contribution is 7.17. The summed E-state index contributed by atoms with van der Waals surface area (Å²) in [5.41, 5.74) is 1.18. The van der Waals surface area contributed by atoms with Crippen molar-refractivity contribution in [2.75, 3.05) is 7.11 Å². The zero-order chi connectivity index (χ0) is 13.2. The number of carbonyl (C=O) groups excluding carboxylic acids is 1. The maximum atomic E-state index is 12.6. The van der Waals surface area contributed by atoms with E-state index < -0.39 is 0 Å². The molecule has 0 radical (unpaired) electrons. The molecule has 0 aliphatic heterocycles. The van der Waals surface area contributed by atoms with E-state index in [0.717, 1.165) is 10.1 Å². The predicted molar refractivity (Wildman–Crippen MR) is 76.0 cm³/mol. The Labute approximate surface area is 114 Å². The molecule has 0 unspecified atom stereocenters. The van der Waals surface area contributed by atoms with Gasteiger partial charge in [-0.1, -0.05) is 12.1 Å². The van der Waals surface area contributed by atoms with Crippen molar-refractivity contribution in [1.82, 2.24) is 4.98 Å². The molecule has 1 aromatic carbocycles. The van der Waals surface area contributed by atoms with E-state index in [0.29, 0.717) is 17.0 Å². The lowest BCUT2D eigenvalue weighted by Gasteiger charge is -2.06. The van der Waals surface area contributed by atoms with Gasteiger partial charge in [0, 0.05) is 16.5 Å². The molecule has 0 amide bonds. The largest absolute Gasteiger partial charge is 0.480 e. The van der Waals surface area contributed by atoms with E-state index in [9.17, 15) is 4.79 Å². The summed E-state index contributed by atoms with van der Waals surface area (Å²) in [7, 11) is 1.52. The summed E-state index contributed by atoms with van der Waals surface area (Å²) < 4.78 is 6.15. The Morgan fingerprint density at radius 1 is 1.16 bits per heavy atom. The molecule has 3 rings (SSSR count). The summed E-state index contributed by atoms with van der Waals surface area (Å²) in [5.74, 6) is 0.305. The first-order chi connectivity index (χ1) is 9.31. The zero-order valence-corrected chi connectivity index (χ0v) is 11.1. The second-order valence-corrected chi connectivity index (χ2v) is 4.95. The molecule has 0 saturated carbocycles. The van der Waals surface area contributed by atoms with Gasteiger partial charge in [-0.05, 0) is 35.0 Å². The highest BCUT2D eigenvalue weighted by Gasteiger charge is 2.17. The number of rotatable bonds is 3. The average Bonchev–Trinajstić information content (AvgIpc) is 2.94. The first kappa shape index (κ1) is 11.9. The first-order valence-electron chi connectivity index (χ1n) is 5.81. The summed E-state index contributed by atoms with van der Waals surface area (Å²) in [6.07, 6.45) is 1.61. The van der Waals surface area contributed by atoms with E-state index in [2.05, 4.69) is 4.98 Å². The number of benzene rings is 1. The molecule has 0 saturated heterocycles. The lowest BCUT2D eigenvalue weighted by atomic mass is 10.0. The van der Waals surface area contributed by atoms with Gasteiger partial charge >= 0.3 is 0 Å². The molecule has 0 fully saturated rings. The monoisotopic (exact) mass is 269 g/mol. The Kier molecular flexibility index (Phi) is 3.01. The molecule has 0 N–H and O–H groups in total. The van der Waals surface area contributed by atoms with Crippen molar-refractivity contribution in [3.05, 3.63) is 59.1 Å². The smallest absolute Gasteiger partial charge is 0.224 e. The molecule has 2 heterocycles. The van der Waals surface area contributed by atoms with Gasteiger partial charge in [0.25, 0.3) is 0 Å². The fraction of sp³-hybridized carbons (Fsp3) is 0.0667. The van der Waals surface area contributed by atoms with Gasteiger partial charge in [0.1, 0.15) is 0 Å². The lowest BCUT2D eigenvalue weighted by molar-refractivity contribution is 0.103.